The van der Waals surface area contributed by atoms with Gasteiger partial charge in [0.2, 0.25) is 0 Å². The number of pyridine rings is 2. The molecule has 0 atom stereocenters. The summed E-state index contributed by atoms with van der Waals surface area (Å²) in [5.41, 5.74) is 8.11. The summed E-state index contributed by atoms with van der Waals surface area (Å²) in [6.07, 6.45) is 3.45. The number of aromatic nitrogens is 4. The molecule has 3 aromatic rings. The van der Waals surface area contributed by atoms with Gasteiger partial charge in [0.1, 0.15) is 11.3 Å². The van der Waals surface area contributed by atoms with E-state index in [9.17, 15) is 0 Å². The van der Waals surface area contributed by atoms with Gasteiger partial charge in [-0.15, -0.1) is 0 Å². The Bertz CT molecular complexity index is 830. The van der Waals surface area contributed by atoms with Gasteiger partial charge in [-0.2, -0.15) is 0 Å². The number of hydrogen-bond acceptors (Lipinski definition) is 7. The van der Waals surface area contributed by atoms with Crippen LogP contribution in [-0.2, 0) is 4.74 Å². The van der Waals surface area contributed by atoms with Crippen LogP contribution in [0.5, 0.6) is 0 Å². The molecule has 1 fully saturated rings. The summed E-state index contributed by atoms with van der Waals surface area (Å²) in [4.78, 5) is 20.1. The Hall–Kier alpha value is -2.80. The molecule has 1 saturated heterocycles. The second-order valence-corrected chi connectivity index (χ2v) is 5.31. The summed E-state index contributed by atoms with van der Waals surface area (Å²) in [5, 5.41) is 0. The monoisotopic (exact) mass is 308 g/mol. The van der Waals surface area contributed by atoms with Crippen molar-refractivity contribution in [1.29, 1.82) is 0 Å². The van der Waals surface area contributed by atoms with Crippen molar-refractivity contribution >= 4 is 22.7 Å². The molecule has 0 spiro atoms. The maximum Gasteiger partial charge on any atom is 0.163 e. The lowest BCUT2D eigenvalue weighted by Gasteiger charge is -2.28. The van der Waals surface area contributed by atoms with Crippen molar-refractivity contribution in [2.45, 2.75) is 0 Å². The highest BCUT2D eigenvalue weighted by Gasteiger charge is 2.18. The van der Waals surface area contributed by atoms with Crippen molar-refractivity contribution in [3.05, 3.63) is 36.7 Å². The van der Waals surface area contributed by atoms with Crippen LogP contribution >= 0.6 is 0 Å². The zero-order chi connectivity index (χ0) is 15.6. The van der Waals surface area contributed by atoms with E-state index in [-0.39, 0.29) is 0 Å². The van der Waals surface area contributed by atoms with Gasteiger partial charge in [0.25, 0.3) is 0 Å². The number of anilines is 2. The fourth-order valence-electron chi connectivity index (χ4n) is 2.61. The normalized spacial score (nSPS) is 15.0. The minimum Gasteiger partial charge on any atom is -0.384 e. The van der Waals surface area contributed by atoms with E-state index in [0.717, 1.165) is 35.5 Å². The van der Waals surface area contributed by atoms with Crippen LogP contribution in [0.25, 0.3) is 22.4 Å². The largest absolute Gasteiger partial charge is 0.384 e. The van der Waals surface area contributed by atoms with Crippen molar-refractivity contribution in [3.63, 3.8) is 0 Å². The van der Waals surface area contributed by atoms with Crippen molar-refractivity contribution in [2.24, 2.45) is 0 Å². The van der Waals surface area contributed by atoms with E-state index in [1.54, 1.807) is 18.5 Å². The Morgan fingerprint density at radius 3 is 2.70 bits per heavy atom. The van der Waals surface area contributed by atoms with Gasteiger partial charge in [0.15, 0.2) is 11.6 Å². The fourth-order valence-corrected chi connectivity index (χ4v) is 2.61. The Morgan fingerprint density at radius 2 is 1.91 bits per heavy atom. The Balaban J connectivity index is 1.87. The number of fused-ring (bicyclic) bond motifs is 1. The highest BCUT2D eigenvalue weighted by molar-refractivity contribution is 5.87. The number of nitrogen functional groups attached to an aromatic ring is 1. The molecule has 1 aliphatic heterocycles. The molecule has 0 unspecified atom stereocenters. The van der Waals surface area contributed by atoms with Crippen LogP contribution in [0, 0.1) is 0 Å². The smallest absolute Gasteiger partial charge is 0.163 e. The van der Waals surface area contributed by atoms with E-state index in [1.807, 2.05) is 18.2 Å². The van der Waals surface area contributed by atoms with Crippen LogP contribution in [-0.4, -0.2) is 46.2 Å². The maximum absolute atomic E-state index is 5.66. The van der Waals surface area contributed by atoms with Crippen LogP contribution in [0.2, 0.25) is 0 Å². The van der Waals surface area contributed by atoms with Crippen LogP contribution in [0.15, 0.2) is 36.7 Å². The van der Waals surface area contributed by atoms with Crippen molar-refractivity contribution in [3.8, 4) is 11.4 Å². The molecule has 0 aliphatic carbocycles. The summed E-state index contributed by atoms with van der Waals surface area (Å²) in [5.74, 6) is 1.94. The SMILES string of the molecule is Nc1ccc(-c2nc(N3CCOCC3)c3ncccc3n2)cn1. The topological polar surface area (TPSA) is 90.0 Å². The van der Waals surface area contributed by atoms with Crippen LogP contribution < -0.4 is 10.6 Å². The lowest BCUT2D eigenvalue weighted by molar-refractivity contribution is 0.122. The quantitative estimate of drug-likeness (QED) is 0.767. The fraction of sp³-hybridized carbons (Fsp3) is 0.250. The van der Waals surface area contributed by atoms with Gasteiger partial charge in [0.05, 0.1) is 18.7 Å². The molecular formula is C16H16N6O. The Labute approximate surface area is 133 Å². The molecule has 4 heterocycles. The lowest BCUT2D eigenvalue weighted by atomic mass is 10.2. The molecular weight excluding hydrogens is 292 g/mol. The first-order valence-electron chi connectivity index (χ1n) is 7.48. The molecule has 0 amide bonds. The zero-order valence-electron chi connectivity index (χ0n) is 12.5. The molecule has 1 aliphatic rings. The Morgan fingerprint density at radius 1 is 1.04 bits per heavy atom. The predicted molar refractivity (Wildman–Crippen MR) is 88.0 cm³/mol. The average Bonchev–Trinajstić information content (AvgIpc) is 2.62. The third-order valence-electron chi connectivity index (χ3n) is 3.79. The molecule has 4 rings (SSSR count). The molecule has 23 heavy (non-hydrogen) atoms. The molecule has 3 aromatic heterocycles. The zero-order valence-corrected chi connectivity index (χ0v) is 12.5. The third kappa shape index (κ3) is 2.66. The highest BCUT2D eigenvalue weighted by atomic mass is 16.5. The second kappa shape index (κ2) is 5.77. The number of nitrogens with two attached hydrogens (primary N) is 1. The van der Waals surface area contributed by atoms with Gasteiger partial charge in [-0.3, -0.25) is 4.98 Å². The molecule has 7 nitrogen and oxygen atoms in total. The van der Waals surface area contributed by atoms with Gasteiger partial charge < -0.3 is 15.4 Å². The van der Waals surface area contributed by atoms with Crippen molar-refractivity contribution in [2.75, 3.05) is 36.9 Å². The first-order chi connectivity index (χ1) is 11.3. The average molecular weight is 308 g/mol. The van der Waals surface area contributed by atoms with E-state index in [1.165, 1.54) is 0 Å². The second-order valence-electron chi connectivity index (χ2n) is 5.31. The van der Waals surface area contributed by atoms with Crippen LogP contribution in [0.4, 0.5) is 11.6 Å². The first kappa shape index (κ1) is 13.8. The van der Waals surface area contributed by atoms with Crippen LogP contribution in [0.3, 0.4) is 0 Å². The summed E-state index contributed by atoms with van der Waals surface area (Å²) in [7, 11) is 0. The molecule has 116 valence electrons. The molecule has 0 saturated carbocycles. The van der Waals surface area contributed by atoms with Gasteiger partial charge in [-0.1, -0.05) is 0 Å². The lowest BCUT2D eigenvalue weighted by Crippen LogP contribution is -2.37. The number of ether oxygens (including phenoxy) is 1. The minimum atomic E-state index is 0.476. The molecule has 2 N–H and O–H groups in total. The van der Waals surface area contributed by atoms with Gasteiger partial charge in [0, 0.05) is 31.0 Å². The highest BCUT2D eigenvalue weighted by Crippen LogP contribution is 2.26. The minimum absolute atomic E-state index is 0.476. The summed E-state index contributed by atoms with van der Waals surface area (Å²) in [6.45, 7) is 2.97. The molecule has 0 aromatic carbocycles. The molecule has 7 heteroatoms. The van der Waals surface area contributed by atoms with E-state index in [4.69, 9.17) is 15.5 Å². The van der Waals surface area contributed by atoms with E-state index >= 15 is 0 Å². The maximum atomic E-state index is 5.66. The van der Waals surface area contributed by atoms with Crippen LogP contribution in [0.1, 0.15) is 0 Å². The standard InChI is InChI=1S/C16H16N6O/c17-13-4-3-11(10-19-13)15-20-12-2-1-5-18-14(12)16(21-15)22-6-8-23-9-7-22/h1-5,10H,6-9H2,(H2,17,19). The van der Waals surface area contributed by atoms with E-state index in [0.29, 0.717) is 24.9 Å². The first-order valence-corrected chi connectivity index (χ1v) is 7.48. The summed E-state index contributed by atoms with van der Waals surface area (Å²) < 4.78 is 5.43. The van der Waals surface area contributed by atoms with Gasteiger partial charge in [-0.25, -0.2) is 15.0 Å². The van der Waals surface area contributed by atoms with Gasteiger partial charge >= 0.3 is 0 Å². The number of rotatable bonds is 2. The number of nitrogens with zero attached hydrogens (tertiary/aromatic N) is 5. The summed E-state index contributed by atoms with van der Waals surface area (Å²) in [6, 6.07) is 7.45. The number of morpholine rings is 1. The summed E-state index contributed by atoms with van der Waals surface area (Å²) >= 11 is 0. The molecule has 0 radical (unpaired) electrons. The van der Waals surface area contributed by atoms with E-state index < -0.39 is 0 Å². The predicted octanol–water partition coefficient (Wildman–Crippen LogP) is 1.51. The van der Waals surface area contributed by atoms with Crippen molar-refractivity contribution < 1.29 is 4.74 Å². The number of hydrogen-bond donors (Lipinski definition) is 1. The Kier molecular flexibility index (Phi) is 3.47. The van der Waals surface area contributed by atoms with E-state index in [2.05, 4.69) is 19.9 Å². The van der Waals surface area contributed by atoms with Crippen molar-refractivity contribution in [1.82, 2.24) is 19.9 Å². The van der Waals surface area contributed by atoms with Gasteiger partial charge in [-0.05, 0) is 24.3 Å². The molecule has 0 bridgehead atoms. The third-order valence-corrected chi connectivity index (χ3v) is 3.79.